The van der Waals surface area contributed by atoms with Gasteiger partial charge >= 0.3 is 0 Å². The molecule has 0 aliphatic carbocycles. The highest BCUT2D eigenvalue weighted by Crippen LogP contribution is 2.43. The SMILES string of the molecule is CNC(=O)c1cc(Cl)c(OCC(F)F)cc1N1CC(N2CCC3(CC2)Cc2cc(Cl)ccc2O3)[C@H](O)C1. The van der Waals surface area contributed by atoms with Crippen LogP contribution in [0.25, 0.3) is 0 Å². The summed E-state index contributed by atoms with van der Waals surface area (Å²) in [7, 11) is 1.50. The largest absolute Gasteiger partial charge is 0.487 e. The molecule has 0 aromatic heterocycles. The fourth-order valence-electron chi connectivity index (χ4n) is 5.65. The molecule has 3 aliphatic heterocycles. The molecule has 3 aliphatic rings. The number of aliphatic hydroxyl groups excluding tert-OH is 1. The van der Waals surface area contributed by atoms with E-state index in [1.807, 2.05) is 23.1 Å². The number of rotatable bonds is 6. The number of hydrogen-bond donors (Lipinski definition) is 2. The summed E-state index contributed by atoms with van der Waals surface area (Å²) in [5.41, 5.74) is 1.64. The maximum atomic E-state index is 12.7. The van der Waals surface area contributed by atoms with Crippen LogP contribution >= 0.6 is 23.2 Å². The Kier molecular flexibility index (Phi) is 7.42. The highest BCUT2D eigenvalue weighted by Gasteiger charge is 2.45. The maximum Gasteiger partial charge on any atom is 0.272 e. The van der Waals surface area contributed by atoms with E-state index in [0.717, 1.165) is 43.7 Å². The van der Waals surface area contributed by atoms with Crippen molar-refractivity contribution >= 4 is 34.8 Å². The van der Waals surface area contributed by atoms with Crippen molar-refractivity contribution in [3.63, 3.8) is 0 Å². The minimum Gasteiger partial charge on any atom is -0.487 e. The first-order valence-electron chi connectivity index (χ1n) is 12.3. The molecule has 7 nitrogen and oxygen atoms in total. The zero-order valence-corrected chi connectivity index (χ0v) is 21.9. The number of fused-ring (bicyclic) bond motifs is 1. The number of likely N-dealkylation sites (tertiary alicyclic amines) is 1. The second kappa shape index (κ2) is 10.4. The number of anilines is 1. The average Bonchev–Trinajstić information content (AvgIpc) is 3.42. The number of nitrogens with one attached hydrogen (secondary N) is 1. The predicted octanol–water partition coefficient (Wildman–Crippen LogP) is 4.02. The number of benzene rings is 2. The van der Waals surface area contributed by atoms with Crippen LogP contribution in [0.2, 0.25) is 10.0 Å². The molecule has 11 heteroatoms. The molecule has 0 radical (unpaired) electrons. The van der Waals surface area contributed by atoms with Gasteiger partial charge in [-0.3, -0.25) is 9.69 Å². The summed E-state index contributed by atoms with van der Waals surface area (Å²) < 4.78 is 37.0. The Labute approximate surface area is 224 Å². The lowest BCUT2D eigenvalue weighted by Crippen LogP contribution is -2.53. The molecular formula is C26H29Cl2F2N3O4. The molecule has 2 fully saturated rings. The molecule has 3 heterocycles. The van der Waals surface area contributed by atoms with Crippen molar-refractivity contribution in [2.24, 2.45) is 0 Å². The summed E-state index contributed by atoms with van der Waals surface area (Å²) in [4.78, 5) is 16.7. The Morgan fingerprint density at radius 1 is 1.24 bits per heavy atom. The molecule has 2 aromatic carbocycles. The van der Waals surface area contributed by atoms with Gasteiger partial charge in [-0.2, -0.15) is 0 Å². The Hall–Kier alpha value is -2.33. The summed E-state index contributed by atoms with van der Waals surface area (Å²) in [5.74, 6) is 0.591. The van der Waals surface area contributed by atoms with Crippen LogP contribution in [0.5, 0.6) is 11.5 Å². The number of amides is 1. The smallest absolute Gasteiger partial charge is 0.272 e. The molecule has 2 aromatic rings. The van der Waals surface area contributed by atoms with Gasteiger partial charge < -0.3 is 24.8 Å². The van der Waals surface area contributed by atoms with Crippen molar-refractivity contribution in [1.82, 2.24) is 10.2 Å². The van der Waals surface area contributed by atoms with Crippen LogP contribution in [0.1, 0.15) is 28.8 Å². The Morgan fingerprint density at radius 2 is 2.00 bits per heavy atom. The molecule has 2 atom stereocenters. The Morgan fingerprint density at radius 3 is 2.70 bits per heavy atom. The van der Waals surface area contributed by atoms with Crippen molar-refractivity contribution in [2.75, 3.05) is 44.7 Å². The molecule has 2 saturated heterocycles. The van der Waals surface area contributed by atoms with E-state index in [1.54, 1.807) is 0 Å². The second-order valence-electron chi connectivity index (χ2n) is 9.87. The van der Waals surface area contributed by atoms with Crippen molar-refractivity contribution < 1.29 is 28.2 Å². The number of nitrogens with zero attached hydrogens (tertiary/aromatic N) is 2. The van der Waals surface area contributed by atoms with Crippen LogP contribution in [0, 0.1) is 0 Å². The van der Waals surface area contributed by atoms with E-state index < -0.39 is 19.1 Å². The van der Waals surface area contributed by atoms with Crippen molar-refractivity contribution in [2.45, 2.75) is 43.4 Å². The second-order valence-corrected chi connectivity index (χ2v) is 10.7. The third-order valence-corrected chi connectivity index (χ3v) is 8.06. The van der Waals surface area contributed by atoms with E-state index in [2.05, 4.69) is 10.2 Å². The van der Waals surface area contributed by atoms with E-state index in [-0.39, 0.29) is 40.4 Å². The Bertz CT molecular complexity index is 1180. The molecule has 0 bridgehead atoms. The fraction of sp³-hybridized carbons (Fsp3) is 0.500. The summed E-state index contributed by atoms with van der Waals surface area (Å²) >= 11 is 12.4. The zero-order chi connectivity index (χ0) is 26.3. The van der Waals surface area contributed by atoms with Gasteiger partial charge in [0.25, 0.3) is 12.3 Å². The number of piperidine rings is 1. The van der Waals surface area contributed by atoms with Gasteiger partial charge in [0.2, 0.25) is 0 Å². The van der Waals surface area contributed by atoms with Crippen LogP contribution < -0.4 is 19.7 Å². The van der Waals surface area contributed by atoms with Gasteiger partial charge in [-0.25, -0.2) is 8.78 Å². The van der Waals surface area contributed by atoms with E-state index in [4.69, 9.17) is 32.7 Å². The Balaban J connectivity index is 1.30. The number of β-amino-alcohol motifs (C(OH)–C–C–N with tert-alkyl or cyclic N) is 1. The molecule has 200 valence electrons. The number of ether oxygens (including phenoxy) is 2. The first-order valence-corrected chi connectivity index (χ1v) is 13.0. The number of halogens is 4. The van der Waals surface area contributed by atoms with Gasteiger partial charge in [-0.05, 0) is 29.8 Å². The van der Waals surface area contributed by atoms with Crippen LogP contribution in [0.4, 0.5) is 14.5 Å². The van der Waals surface area contributed by atoms with Crippen molar-refractivity contribution in [1.29, 1.82) is 0 Å². The number of hydrogen-bond acceptors (Lipinski definition) is 6. The van der Waals surface area contributed by atoms with Crippen LogP contribution in [-0.2, 0) is 6.42 Å². The van der Waals surface area contributed by atoms with E-state index in [1.165, 1.54) is 19.2 Å². The highest BCUT2D eigenvalue weighted by molar-refractivity contribution is 6.32. The summed E-state index contributed by atoms with van der Waals surface area (Å²) in [6.07, 6.45) is -0.866. The monoisotopic (exact) mass is 555 g/mol. The summed E-state index contributed by atoms with van der Waals surface area (Å²) in [6.45, 7) is 1.45. The highest BCUT2D eigenvalue weighted by atomic mass is 35.5. The number of alkyl halides is 2. The molecule has 1 amide bonds. The average molecular weight is 556 g/mol. The minimum atomic E-state index is -2.66. The third-order valence-electron chi connectivity index (χ3n) is 7.53. The van der Waals surface area contributed by atoms with Gasteiger partial charge in [-0.1, -0.05) is 23.2 Å². The number of aliphatic hydroxyl groups is 1. The van der Waals surface area contributed by atoms with Gasteiger partial charge in [0, 0.05) is 63.6 Å². The third kappa shape index (κ3) is 5.32. The maximum absolute atomic E-state index is 12.7. The van der Waals surface area contributed by atoms with Gasteiger partial charge in [0.05, 0.1) is 28.4 Å². The lowest BCUT2D eigenvalue weighted by Gasteiger charge is -2.41. The van der Waals surface area contributed by atoms with Crippen molar-refractivity contribution in [3.05, 3.63) is 51.5 Å². The number of carbonyl (C=O) groups excluding carboxylic acids is 1. The minimum absolute atomic E-state index is 0.0690. The summed E-state index contributed by atoms with van der Waals surface area (Å²) in [5, 5.41) is 14.4. The van der Waals surface area contributed by atoms with Crippen LogP contribution in [0.15, 0.2) is 30.3 Å². The van der Waals surface area contributed by atoms with Gasteiger partial charge in [0.1, 0.15) is 23.7 Å². The first kappa shape index (κ1) is 26.3. The summed E-state index contributed by atoms with van der Waals surface area (Å²) in [6, 6.07) is 8.49. The van der Waals surface area contributed by atoms with Gasteiger partial charge in [-0.15, -0.1) is 0 Å². The lowest BCUT2D eigenvalue weighted by molar-refractivity contribution is -0.0107. The molecule has 5 rings (SSSR count). The molecular weight excluding hydrogens is 527 g/mol. The van der Waals surface area contributed by atoms with Gasteiger partial charge in [0.15, 0.2) is 0 Å². The predicted molar refractivity (Wildman–Crippen MR) is 138 cm³/mol. The molecule has 1 spiro atoms. The molecule has 0 saturated carbocycles. The first-order chi connectivity index (χ1) is 17.7. The van der Waals surface area contributed by atoms with Crippen LogP contribution in [0.3, 0.4) is 0 Å². The lowest BCUT2D eigenvalue weighted by atomic mass is 9.86. The standard InChI is InChI=1S/C26H29Cl2F2N3O4/c1-31-25(35)17-9-18(28)23(36-14-24(29)30)10-19(17)33-12-20(21(34)13-33)32-6-4-26(5-7-32)11-15-8-16(27)2-3-22(15)37-26/h2-3,8-10,20-21,24,34H,4-7,11-14H2,1H3,(H,31,35)/t20?,21-/m1/s1. The van der Waals surface area contributed by atoms with E-state index in [9.17, 15) is 18.7 Å². The topological polar surface area (TPSA) is 74.3 Å². The van der Waals surface area contributed by atoms with E-state index >= 15 is 0 Å². The normalized spacial score (nSPS) is 22.8. The van der Waals surface area contributed by atoms with E-state index in [0.29, 0.717) is 17.3 Å². The fourth-order valence-corrected chi connectivity index (χ4v) is 6.07. The molecule has 2 N–H and O–H groups in total. The quantitative estimate of drug-likeness (QED) is 0.561. The molecule has 37 heavy (non-hydrogen) atoms. The van der Waals surface area contributed by atoms with Crippen molar-refractivity contribution in [3.8, 4) is 11.5 Å². The zero-order valence-electron chi connectivity index (χ0n) is 20.4. The molecule has 1 unspecified atom stereocenters. The van der Waals surface area contributed by atoms with Crippen LogP contribution in [-0.4, -0.2) is 79.9 Å². The number of carbonyl (C=O) groups is 1.